The van der Waals surface area contributed by atoms with Crippen LogP contribution >= 0.6 is 11.8 Å². The lowest BCUT2D eigenvalue weighted by Crippen LogP contribution is -2.25. The number of rotatable bonds is 6. The predicted molar refractivity (Wildman–Crippen MR) is 73.4 cm³/mol. The average molecular weight is 253 g/mol. The first-order valence-electron chi connectivity index (χ1n) is 5.80. The molecular weight excluding hydrogens is 234 g/mol. The minimum atomic E-state index is -0.848. The van der Waals surface area contributed by atoms with Crippen molar-refractivity contribution in [2.45, 2.75) is 25.2 Å². The molecule has 0 radical (unpaired) electrons. The van der Waals surface area contributed by atoms with Gasteiger partial charge in [0.25, 0.3) is 0 Å². The molecule has 94 valence electrons. The molecule has 4 heteroatoms. The summed E-state index contributed by atoms with van der Waals surface area (Å²) >= 11 is 1.48. The smallest absolute Gasteiger partial charge is 0.338 e. The van der Waals surface area contributed by atoms with Crippen LogP contribution in [0.3, 0.4) is 0 Å². The van der Waals surface area contributed by atoms with Crippen molar-refractivity contribution in [3.05, 3.63) is 23.8 Å². The summed E-state index contributed by atoms with van der Waals surface area (Å²) in [5.74, 6) is -0.848. The van der Waals surface area contributed by atoms with Gasteiger partial charge in [-0.1, -0.05) is 13.0 Å². The van der Waals surface area contributed by atoms with Gasteiger partial charge in [0.15, 0.2) is 0 Å². The Hall–Kier alpha value is -1.16. The number of hydrogen-bond donors (Lipinski definition) is 1. The highest BCUT2D eigenvalue weighted by Gasteiger charge is 2.18. The molecule has 0 amide bonds. The Morgan fingerprint density at radius 2 is 2.12 bits per heavy atom. The van der Waals surface area contributed by atoms with Gasteiger partial charge in [0, 0.05) is 18.0 Å². The highest BCUT2D eigenvalue weighted by atomic mass is 32.2. The molecule has 0 saturated heterocycles. The van der Waals surface area contributed by atoms with E-state index in [0.29, 0.717) is 5.56 Å². The van der Waals surface area contributed by atoms with Gasteiger partial charge in [-0.25, -0.2) is 4.79 Å². The molecule has 0 heterocycles. The quantitative estimate of drug-likeness (QED) is 0.789. The SMILES string of the molecule is CCCN(CC)c1cccc(SC)c1C(=O)O. The zero-order valence-corrected chi connectivity index (χ0v) is 11.4. The van der Waals surface area contributed by atoms with Crippen LogP contribution in [0.5, 0.6) is 0 Å². The van der Waals surface area contributed by atoms with Crippen LogP contribution in [0.25, 0.3) is 0 Å². The number of hydrogen-bond acceptors (Lipinski definition) is 3. The molecule has 0 bridgehead atoms. The summed E-state index contributed by atoms with van der Waals surface area (Å²) in [6.07, 6.45) is 2.91. The Bertz CT molecular complexity index is 393. The second kappa shape index (κ2) is 6.55. The molecule has 1 aromatic rings. The fraction of sp³-hybridized carbons (Fsp3) is 0.462. The van der Waals surface area contributed by atoms with E-state index in [9.17, 15) is 9.90 Å². The van der Waals surface area contributed by atoms with Crippen LogP contribution in [0.4, 0.5) is 5.69 Å². The number of carboxylic acid groups (broad SMARTS) is 1. The Morgan fingerprint density at radius 1 is 1.41 bits per heavy atom. The fourth-order valence-corrected chi connectivity index (χ4v) is 2.50. The largest absolute Gasteiger partial charge is 0.478 e. The maximum atomic E-state index is 11.4. The van der Waals surface area contributed by atoms with E-state index in [1.54, 1.807) is 0 Å². The second-order valence-corrected chi connectivity index (χ2v) is 4.59. The molecule has 0 aliphatic rings. The highest BCUT2D eigenvalue weighted by Crippen LogP contribution is 2.29. The number of thioether (sulfide) groups is 1. The van der Waals surface area contributed by atoms with E-state index in [2.05, 4.69) is 11.8 Å². The van der Waals surface area contributed by atoms with E-state index in [4.69, 9.17) is 0 Å². The number of carboxylic acids is 1. The maximum absolute atomic E-state index is 11.4. The summed E-state index contributed by atoms with van der Waals surface area (Å²) in [4.78, 5) is 14.3. The van der Waals surface area contributed by atoms with Gasteiger partial charge in [0.1, 0.15) is 0 Å². The number of anilines is 1. The third-order valence-corrected chi connectivity index (χ3v) is 3.43. The number of nitrogens with zero attached hydrogens (tertiary/aromatic N) is 1. The van der Waals surface area contributed by atoms with E-state index >= 15 is 0 Å². The van der Waals surface area contributed by atoms with Crippen LogP contribution in [-0.4, -0.2) is 30.4 Å². The predicted octanol–water partition coefficient (Wildman–Crippen LogP) is 3.34. The Morgan fingerprint density at radius 3 is 2.59 bits per heavy atom. The van der Waals surface area contributed by atoms with E-state index in [1.165, 1.54) is 11.8 Å². The molecule has 0 saturated carbocycles. The van der Waals surface area contributed by atoms with Gasteiger partial charge >= 0.3 is 5.97 Å². The minimum absolute atomic E-state index is 0.426. The standard InChI is InChI=1S/C13H19NO2S/c1-4-9-14(5-2)10-7-6-8-11(17-3)12(10)13(15)16/h6-8H,4-5,9H2,1-3H3,(H,15,16). The lowest BCUT2D eigenvalue weighted by atomic mass is 10.1. The van der Waals surface area contributed by atoms with E-state index < -0.39 is 5.97 Å². The van der Waals surface area contributed by atoms with Gasteiger partial charge in [-0.15, -0.1) is 11.8 Å². The first-order chi connectivity index (χ1) is 8.15. The average Bonchev–Trinajstić information content (AvgIpc) is 2.34. The third kappa shape index (κ3) is 3.16. The number of carbonyl (C=O) groups is 1. The molecule has 1 rings (SSSR count). The van der Waals surface area contributed by atoms with E-state index in [-0.39, 0.29) is 0 Å². The topological polar surface area (TPSA) is 40.5 Å². The molecule has 1 N–H and O–H groups in total. The zero-order valence-electron chi connectivity index (χ0n) is 10.6. The summed E-state index contributed by atoms with van der Waals surface area (Å²) in [6, 6.07) is 5.67. The molecule has 0 fully saturated rings. The number of aromatic carboxylic acids is 1. The fourth-order valence-electron chi connectivity index (χ4n) is 1.89. The van der Waals surface area contributed by atoms with Crippen LogP contribution < -0.4 is 4.90 Å². The normalized spacial score (nSPS) is 10.3. The molecule has 0 unspecified atom stereocenters. The first kappa shape index (κ1) is 13.9. The minimum Gasteiger partial charge on any atom is -0.478 e. The summed E-state index contributed by atoms with van der Waals surface area (Å²) in [5, 5.41) is 9.35. The lowest BCUT2D eigenvalue weighted by molar-refractivity contribution is 0.0694. The third-order valence-electron chi connectivity index (χ3n) is 2.65. The van der Waals surface area contributed by atoms with Gasteiger partial charge in [-0.05, 0) is 31.7 Å². The van der Waals surface area contributed by atoms with Crippen LogP contribution in [0.1, 0.15) is 30.6 Å². The summed E-state index contributed by atoms with van der Waals surface area (Å²) in [7, 11) is 0. The summed E-state index contributed by atoms with van der Waals surface area (Å²) in [5.41, 5.74) is 1.25. The van der Waals surface area contributed by atoms with Crippen LogP contribution in [0.2, 0.25) is 0 Å². The molecule has 0 aromatic heterocycles. The van der Waals surface area contributed by atoms with Crippen molar-refractivity contribution in [1.82, 2.24) is 0 Å². The molecule has 3 nitrogen and oxygen atoms in total. The molecule has 0 aliphatic heterocycles. The number of benzene rings is 1. The maximum Gasteiger partial charge on any atom is 0.338 e. The summed E-state index contributed by atoms with van der Waals surface area (Å²) in [6.45, 7) is 5.86. The van der Waals surface area contributed by atoms with Crippen LogP contribution in [-0.2, 0) is 0 Å². The Labute approximate surface area is 107 Å². The van der Waals surface area contributed by atoms with Crippen molar-refractivity contribution in [1.29, 1.82) is 0 Å². The van der Waals surface area contributed by atoms with Gasteiger partial charge in [-0.2, -0.15) is 0 Å². The van der Waals surface area contributed by atoms with Crippen molar-refractivity contribution in [2.75, 3.05) is 24.2 Å². The second-order valence-electron chi connectivity index (χ2n) is 3.74. The highest BCUT2D eigenvalue weighted by molar-refractivity contribution is 7.98. The van der Waals surface area contributed by atoms with Gasteiger partial charge < -0.3 is 10.0 Å². The van der Waals surface area contributed by atoms with Gasteiger partial charge in [-0.3, -0.25) is 0 Å². The Balaban J connectivity index is 3.25. The zero-order chi connectivity index (χ0) is 12.8. The first-order valence-corrected chi connectivity index (χ1v) is 7.03. The molecule has 1 aromatic carbocycles. The van der Waals surface area contributed by atoms with E-state index in [0.717, 1.165) is 30.1 Å². The molecular formula is C13H19NO2S. The van der Waals surface area contributed by atoms with Crippen molar-refractivity contribution in [3.63, 3.8) is 0 Å². The van der Waals surface area contributed by atoms with Crippen LogP contribution in [0, 0.1) is 0 Å². The summed E-state index contributed by atoms with van der Waals surface area (Å²) < 4.78 is 0. The Kier molecular flexibility index (Phi) is 5.35. The van der Waals surface area contributed by atoms with Crippen molar-refractivity contribution >= 4 is 23.4 Å². The van der Waals surface area contributed by atoms with Crippen LogP contribution in [0.15, 0.2) is 23.1 Å². The molecule has 17 heavy (non-hydrogen) atoms. The molecule has 0 atom stereocenters. The lowest BCUT2D eigenvalue weighted by Gasteiger charge is -2.25. The molecule has 0 aliphatic carbocycles. The van der Waals surface area contributed by atoms with E-state index in [1.807, 2.05) is 31.4 Å². The van der Waals surface area contributed by atoms with Crippen molar-refractivity contribution in [2.24, 2.45) is 0 Å². The van der Waals surface area contributed by atoms with Gasteiger partial charge in [0.05, 0.1) is 11.3 Å². The van der Waals surface area contributed by atoms with Gasteiger partial charge in [0.2, 0.25) is 0 Å². The monoisotopic (exact) mass is 253 g/mol. The van der Waals surface area contributed by atoms with Crippen molar-refractivity contribution < 1.29 is 9.90 Å². The molecule has 0 spiro atoms. The van der Waals surface area contributed by atoms with Crippen molar-refractivity contribution in [3.8, 4) is 0 Å².